The first kappa shape index (κ1) is 12.4. The van der Waals surface area contributed by atoms with Gasteiger partial charge in [0, 0.05) is 12.6 Å². The lowest BCUT2D eigenvalue weighted by Gasteiger charge is -2.32. The standard InChI is InChI=1S/C10H15N5O3/c1-17-9(16)6-5-15(2-3-18-6)8-4-7(11)13-10(12)14-8/h4,6H,2-3,5H2,1H3,(H4,11,12,13,14). The number of carbonyl (C=O) groups is 1. The molecule has 0 amide bonds. The molecule has 8 heteroatoms. The van der Waals surface area contributed by atoms with E-state index < -0.39 is 12.1 Å². The Bertz CT molecular complexity index is 433. The fraction of sp³-hybridized carbons (Fsp3) is 0.500. The van der Waals surface area contributed by atoms with Crippen molar-refractivity contribution < 1.29 is 14.3 Å². The highest BCUT2D eigenvalue weighted by atomic mass is 16.6. The summed E-state index contributed by atoms with van der Waals surface area (Å²) in [5.41, 5.74) is 11.1. The molecule has 18 heavy (non-hydrogen) atoms. The van der Waals surface area contributed by atoms with E-state index in [1.807, 2.05) is 4.90 Å². The zero-order valence-electron chi connectivity index (χ0n) is 10.00. The van der Waals surface area contributed by atoms with Crippen LogP contribution in [-0.4, -0.2) is 48.8 Å². The fourth-order valence-electron chi connectivity index (χ4n) is 1.76. The number of esters is 1. The molecule has 0 saturated carbocycles. The Balaban J connectivity index is 2.15. The topological polar surface area (TPSA) is 117 Å². The average Bonchev–Trinajstić information content (AvgIpc) is 2.37. The van der Waals surface area contributed by atoms with Gasteiger partial charge in [0.25, 0.3) is 0 Å². The van der Waals surface area contributed by atoms with Crippen molar-refractivity contribution in [1.82, 2.24) is 9.97 Å². The summed E-state index contributed by atoms with van der Waals surface area (Å²) < 4.78 is 9.97. The third-order valence-corrected chi connectivity index (χ3v) is 2.60. The number of methoxy groups -OCH3 is 1. The van der Waals surface area contributed by atoms with Crippen LogP contribution in [0.4, 0.5) is 17.6 Å². The number of nitrogens with zero attached hydrogens (tertiary/aromatic N) is 3. The highest BCUT2D eigenvalue weighted by Crippen LogP contribution is 2.18. The van der Waals surface area contributed by atoms with E-state index in [2.05, 4.69) is 14.7 Å². The Morgan fingerprint density at radius 3 is 3.00 bits per heavy atom. The van der Waals surface area contributed by atoms with Crippen LogP contribution in [0.1, 0.15) is 0 Å². The van der Waals surface area contributed by atoms with Crippen LogP contribution in [0.15, 0.2) is 6.07 Å². The molecule has 4 N–H and O–H groups in total. The van der Waals surface area contributed by atoms with Gasteiger partial charge in [0.15, 0.2) is 6.10 Å². The molecule has 0 aromatic carbocycles. The van der Waals surface area contributed by atoms with Crippen LogP contribution in [0.3, 0.4) is 0 Å². The summed E-state index contributed by atoms with van der Waals surface area (Å²) in [4.78, 5) is 21.2. The summed E-state index contributed by atoms with van der Waals surface area (Å²) in [7, 11) is 1.32. The molecule has 0 spiro atoms. The van der Waals surface area contributed by atoms with Crippen LogP contribution in [0.5, 0.6) is 0 Å². The average molecular weight is 253 g/mol. The van der Waals surface area contributed by atoms with Crippen molar-refractivity contribution in [2.24, 2.45) is 0 Å². The SMILES string of the molecule is COC(=O)C1CN(c2cc(N)nc(N)n2)CCO1. The van der Waals surface area contributed by atoms with E-state index in [-0.39, 0.29) is 5.95 Å². The zero-order valence-corrected chi connectivity index (χ0v) is 10.00. The van der Waals surface area contributed by atoms with E-state index in [4.69, 9.17) is 16.2 Å². The van der Waals surface area contributed by atoms with Gasteiger partial charge in [-0.15, -0.1) is 0 Å². The van der Waals surface area contributed by atoms with Crippen molar-refractivity contribution in [2.75, 3.05) is 43.2 Å². The van der Waals surface area contributed by atoms with Gasteiger partial charge in [-0.25, -0.2) is 4.79 Å². The molecule has 2 heterocycles. The molecular weight excluding hydrogens is 238 g/mol. The summed E-state index contributed by atoms with van der Waals surface area (Å²) in [6.45, 7) is 1.36. The minimum atomic E-state index is -0.624. The third-order valence-electron chi connectivity index (χ3n) is 2.60. The molecular formula is C10H15N5O3. The number of carbonyl (C=O) groups excluding carboxylic acids is 1. The van der Waals surface area contributed by atoms with E-state index in [1.54, 1.807) is 6.07 Å². The van der Waals surface area contributed by atoms with E-state index in [0.29, 0.717) is 31.3 Å². The zero-order chi connectivity index (χ0) is 13.1. The highest BCUT2D eigenvalue weighted by molar-refractivity contribution is 5.75. The first-order valence-corrected chi connectivity index (χ1v) is 5.44. The van der Waals surface area contributed by atoms with E-state index in [9.17, 15) is 4.79 Å². The van der Waals surface area contributed by atoms with Crippen LogP contribution in [0.2, 0.25) is 0 Å². The maximum atomic E-state index is 11.4. The Hall–Kier alpha value is -2.09. The predicted octanol–water partition coefficient (Wildman–Crippen LogP) is -0.981. The Morgan fingerprint density at radius 1 is 1.56 bits per heavy atom. The number of aromatic nitrogens is 2. The lowest BCUT2D eigenvalue weighted by atomic mass is 10.2. The minimum Gasteiger partial charge on any atom is -0.467 e. The fourth-order valence-corrected chi connectivity index (χ4v) is 1.76. The minimum absolute atomic E-state index is 0.103. The Morgan fingerprint density at radius 2 is 2.33 bits per heavy atom. The van der Waals surface area contributed by atoms with Crippen molar-refractivity contribution in [3.05, 3.63) is 6.07 Å². The predicted molar refractivity (Wildman–Crippen MR) is 64.8 cm³/mol. The number of morpholine rings is 1. The van der Waals surface area contributed by atoms with E-state index >= 15 is 0 Å². The molecule has 1 aromatic rings. The van der Waals surface area contributed by atoms with Gasteiger partial charge in [-0.05, 0) is 0 Å². The Labute approximate surface area is 104 Å². The van der Waals surface area contributed by atoms with E-state index in [0.717, 1.165) is 0 Å². The van der Waals surface area contributed by atoms with Crippen molar-refractivity contribution in [2.45, 2.75) is 6.10 Å². The smallest absolute Gasteiger partial charge is 0.336 e. The molecule has 8 nitrogen and oxygen atoms in total. The molecule has 0 radical (unpaired) electrons. The van der Waals surface area contributed by atoms with Gasteiger partial charge in [-0.3, -0.25) is 0 Å². The van der Waals surface area contributed by atoms with Crippen LogP contribution in [-0.2, 0) is 14.3 Å². The van der Waals surface area contributed by atoms with Crippen LogP contribution in [0, 0.1) is 0 Å². The number of rotatable bonds is 2. The van der Waals surface area contributed by atoms with Crippen molar-refractivity contribution in [3.63, 3.8) is 0 Å². The summed E-state index contributed by atoms with van der Waals surface area (Å²) in [5, 5.41) is 0. The summed E-state index contributed by atoms with van der Waals surface area (Å²) in [5.74, 6) is 0.566. The van der Waals surface area contributed by atoms with Crippen molar-refractivity contribution in [1.29, 1.82) is 0 Å². The quantitative estimate of drug-likeness (QED) is 0.646. The molecule has 1 atom stereocenters. The maximum Gasteiger partial charge on any atom is 0.336 e. The first-order chi connectivity index (χ1) is 8.60. The summed E-state index contributed by atoms with van der Waals surface area (Å²) in [6, 6.07) is 1.61. The number of hydrogen-bond donors (Lipinski definition) is 2. The van der Waals surface area contributed by atoms with Gasteiger partial charge in [-0.1, -0.05) is 0 Å². The lowest BCUT2D eigenvalue weighted by molar-refractivity contribution is -0.154. The highest BCUT2D eigenvalue weighted by Gasteiger charge is 2.28. The normalized spacial score (nSPS) is 19.6. The van der Waals surface area contributed by atoms with Crippen LogP contribution in [0.25, 0.3) is 0 Å². The summed E-state index contributed by atoms with van der Waals surface area (Å²) >= 11 is 0. The third kappa shape index (κ3) is 2.59. The maximum absolute atomic E-state index is 11.4. The van der Waals surface area contributed by atoms with Gasteiger partial charge in [0.2, 0.25) is 5.95 Å². The number of ether oxygens (including phenoxy) is 2. The first-order valence-electron chi connectivity index (χ1n) is 5.44. The van der Waals surface area contributed by atoms with Crippen molar-refractivity contribution >= 4 is 23.6 Å². The molecule has 98 valence electrons. The molecule has 1 aromatic heterocycles. The van der Waals surface area contributed by atoms with Crippen molar-refractivity contribution in [3.8, 4) is 0 Å². The number of anilines is 3. The monoisotopic (exact) mass is 253 g/mol. The van der Waals surface area contributed by atoms with Gasteiger partial charge < -0.3 is 25.8 Å². The van der Waals surface area contributed by atoms with Gasteiger partial charge in [-0.2, -0.15) is 9.97 Å². The largest absolute Gasteiger partial charge is 0.467 e. The molecule has 1 fully saturated rings. The van der Waals surface area contributed by atoms with Gasteiger partial charge in [0.05, 0.1) is 20.3 Å². The van der Waals surface area contributed by atoms with Gasteiger partial charge in [0.1, 0.15) is 11.6 Å². The lowest BCUT2D eigenvalue weighted by Crippen LogP contribution is -2.47. The number of hydrogen-bond acceptors (Lipinski definition) is 8. The van der Waals surface area contributed by atoms with Crippen LogP contribution < -0.4 is 16.4 Å². The molecule has 1 aliphatic heterocycles. The van der Waals surface area contributed by atoms with Crippen LogP contribution >= 0.6 is 0 Å². The molecule has 0 bridgehead atoms. The second-order valence-electron chi connectivity index (χ2n) is 3.84. The number of nitrogen functional groups attached to an aromatic ring is 2. The molecule has 1 saturated heterocycles. The Kier molecular flexibility index (Phi) is 3.47. The van der Waals surface area contributed by atoms with E-state index in [1.165, 1.54) is 7.11 Å². The molecule has 2 rings (SSSR count). The molecule has 1 unspecified atom stereocenters. The molecule has 1 aliphatic rings. The van der Waals surface area contributed by atoms with Gasteiger partial charge >= 0.3 is 5.97 Å². The molecule has 0 aliphatic carbocycles. The second kappa shape index (κ2) is 5.05. The summed E-state index contributed by atoms with van der Waals surface area (Å²) in [6.07, 6.45) is -0.624. The second-order valence-corrected chi connectivity index (χ2v) is 3.84. The number of nitrogens with two attached hydrogens (primary N) is 2.